The number of fused-ring (bicyclic) bond motifs is 1. The molecule has 4 rings (SSSR count). The molecule has 2 aromatic carbocycles. The van der Waals surface area contributed by atoms with Gasteiger partial charge in [-0.15, -0.1) is 0 Å². The molecule has 0 saturated heterocycles. The molecule has 0 atom stereocenters. The summed E-state index contributed by atoms with van der Waals surface area (Å²) in [6.07, 6.45) is 0. The molecule has 2 heterocycles. The van der Waals surface area contributed by atoms with Gasteiger partial charge in [-0.05, 0) is 19.1 Å². The Kier molecular flexibility index (Phi) is 3.93. The normalized spacial score (nSPS) is 10.8. The Balaban J connectivity index is 1.97. The van der Waals surface area contributed by atoms with Crippen molar-refractivity contribution in [1.29, 1.82) is 0 Å². The SMILES string of the molecule is Cc1cccc2c(C(=O)c3ccccc3)c(C(=O)c3ccccc3)nn12. The first-order valence-electron chi connectivity index (χ1n) is 8.34. The largest absolute Gasteiger partial charge is 0.288 e. The predicted octanol–water partition coefficient (Wildman–Crippen LogP) is 4.10. The lowest BCUT2D eigenvalue weighted by Crippen LogP contribution is -2.10. The van der Waals surface area contributed by atoms with Crippen molar-refractivity contribution in [1.82, 2.24) is 9.61 Å². The van der Waals surface area contributed by atoms with Gasteiger partial charge in [0.15, 0.2) is 5.78 Å². The van der Waals surface area contributed by atoms with Crippen LogP contribution < -0.4 is 0 Å². The number of nitrogens with zero attached hydrogens (tertiary/aromatic N) is 2. The second-order valence-electron chi connectivity index (χ2n) is 6.08. The summed E-state index contributed by atoms with van der Waals surface area (Å²) in [5, 5.41) is 4.48. The monoisotopic (exact) mass is 340 g/mol. The molecule has 0 aliphatic carbocycles. The van der Waals surface area contributed by atoms with Gasteiger partial charge in [-0.1, -0.05) is 66.7 Å². The van der Waals surface area contributed by atoms with Crippen LogP contribution in [0, 0.1) is 6.92 Å². The zero-order valence-electron chi connectivity index (χ0n) is 14.2. The second kappa shape index (κ2) is 6.41. The third kappa shape index (κ3) is 2.62. The molecule has 0 fully saturated rings. The number of aromatic nitrogens is 2. The molecule has 26 heavy (non-hydrogen) atoms. The van der Waals surface area contributed by atoms with Gasteiger partial charge in [-0.25, -0.2) is 4.52 Å². The van der Waals surface area contributed by atoms with Crippen molar-refractivity contribution in [2.75, 3.05) is 0 Å². The Morgan fingerprint density at radius 3 is 1.92 bits per heavy atom. The summed E-state index contributed by atoms with van der Waals surface area (Å²) >= 11 is 0. The van der Waals surface area contributed by atoms with Gasteiger partial charge in [-0.3, -0.25) is 9.59 Å². The van der Waals surface area contributed by atoms with Crippen molar-refractivity contribution in [2.45, 2.75) is 6.92 Å². The lowest BCUT2D eigenvalue weighted by molar-refractivity contribution is 0.100. The fraction of sp³-hybridized carbons (Fsp3) is 0.0455. The van der Waals surface area contributed by atoms with Crippen LogP contribution in [0.5, 0.6) is 0 Å². The maximum atomic E-state index is 13.2. The van der Waals surface area contributed by atoms with Crippen LogP contribution in [0.2, 0.25) is 0 Å². The molecule has 4 aromatic rings. The lowest BCUT2D eigenvalue weighted by Gasteiger charge is -2.03. The van der Waals surface area contributed by atoms with E-state index in [1.807, 2.05) is 49.4 Å². The third-order valence-corrected chi connectivity index (χ3v) is 4.36. The van der Waals surface area contributed by atoms with Crippen molar-refractivity contribution >= 4 is 17.1 Å². The lowest BCUT2D eigenvalue weighted by atomic mass is 9.98. The molecule has 2 aromatic heterocycles. The quantitative estimate of drug-likeness (QED) is 0.526. The Morgan fingerprint density at radius 1 is 0.731 bits per heavy atom. The number of carbonyl (C=O) groups excluding carboxylic acids is 2. The molecule has 0 aliphatic heterocycles. The van der Waals surface area contributed by atoms with E-state index in [9.17, 15) is 9.59 Å². The molecule has 0 radical (unpaired) electrons. The summed E-state index contributed by atoms with van der Waals surface area (Å²) in [5.74, 6) is -0.460. The van der Waals surface area contributed by atoms with Gasteiger partial charge in [0.1, 0.15) is 5.69 Å². The van der Waals surface area contributed by atoms with E-state index in [1.54, 1.807) is 40.9 Å². The molecule has 0 unspecified atom stereocenters. The molecule has 4 heteroatoms. The minimum absolute atomic E-state index is 0.180. The maximum Gasteiger partial charge on any atom is 0.214 e. The van der Waals surface area contributed by atoms with Gasteiger partial charge in [0, 0.05) is 16.8 Å². The molecule has 0 bridgehead atoms. The number of hydrogen-bond donors (Lipinski definition) is 0. The van der Waals surface area contributed by atoms with Crippen LogP contribution in [0.4, 0.5) is 0 Å². The first-order valence-corrected chi connectivity index (χ1v) is 8.34. The molecule has 0 aliphatic rings. The Hall–Kier alpha value is -3.53. The average Bonchev–Trinajstić information content (AvgIpc) is 3.09. The third-order valence-electron chi connectivity index (χ3n) is 4.36. The van der Waals surface area contributed by atoms with Gasteiger partial charge >= 0.3 is 0 Å². The highest BCUT2D eigenvalue weighted by Crippen LogP contribution is 2.23. The van der Waals surface area contributed by atoms with Crippen LogP contribution in [0.25, 0.3) is 5.52 Å². The first-order chi connectivity index (χ1) is 12.7. The van der Waals surface area contributed by atoms with E-state index in [4.69, 9.17) is 0 Å². The van der Waals surface area contributed by atoms with E-state index in [0.717, 1.165) is 5.69 Å². The number of ketones is 2. The Bertz CT molecular complexity index is 1110. The van der Waals surface area contributed by atoms with Crippen molar-refractivity contribution < 1.29 is 9.59 Å². The van der Waals surface area contributed by atoms with E-state index in [2.05, 4.69) is 5.10 Å². The summed E-state index contributed by atoms with van der Waals surface area (Å²) in [4.78, 5) is 26.2. The molecular formula is C22H16N2O2. The standard InChI is InChI=1S/C22H16N2O2/c1-15-9-8-14-18-19(21(25)16-10-4-2-5-11-16)20(23-24(15)18)22(26)17-12-6-3-7-13-17/h2-14H,1H3. The number of rotatable bonds is 4. The summed E-state index contributed by atoms with van der Waals surface area (Å²) in [6, 6.07) is 23.5. The van der Waals surface area contributed by atoms with E-state index in [-0.39, 0.29) is 17.3 Å². The molecule has 126 valence electrons. The summed E-state index contributed by atoms with van der Waals surface area (Å²) in [5.41, 5.74) is 3.06. The van der Waals surface area contributed by atoms with Crippen LogP contribution in [0.1, 0.15) is 37.7 Å². The van der Waals surface area contributed by atoms with Crippen molar-refractivity contribution in [3.05, 3.63) is 107 Å². The molecule has 0 spiro atoms. The van der Waals surface area contributed by atoms with Crippen LogP contribution in [-0.4, -0.2) is 21.2 Å². The average molecular weight is 340 g/mol. The fourth-order valence-electron chi connectivity index (χ4n) is 3.05. The number of pyridine rings is 1. The van der Waals surface area contributed by atoms with Crippen LogP contribution in [0.3, 0.4) is 0 Å². The van der Waals surface area contributed by atoms with E-state index in [1.165, 1.54) is 0 Å². The minimum atomic E-state index is -0.256. The smallest absolute Gasteiger partial charge is 0.214 e. The van der Waals surface area contributed by atoms with Crippen LogP contribution >= 0.6 is 0 Å². The highest BCUT2D eigenvalue weighted by Gasteiger charge is 2.26. The summed E-state index contributed by atoms with van der Waals surface area (Å²) < 4.78 is 1.66. The first kappa shape index (κ1) is 16.0. The molecular weight excluding hydrogens is 324 g/mol. The highest BCUT2D eigenvalue weighted by atomic mass is 16.1. The molecule has 4 nitrogen and oxygen atoms in total. The number of benzene rings is 2. The fourth-order valence-corrected chi connectivity index (χ4v) is 3.05. The van der Waals surface area contributed by atoms with Gasteiger partial charge < -0.3 is 0 Å². The van der Waals surface area contributed by atoms with Crippen molar-refractivity contribution in [3.8, 4) is 0 Å². The zero-order chi connectivity index (χ0) is 18.1. The molecule has 0 saturated carbocycles. The van der Waals surface area contributed by atoms with Gasteiger partial charge in [0.2, 0.25) is 5.78 Å². The number of hydrogen-bond acceptors (Lipinski definition) is 3. The maximum absolute atomic E-state index is 13.2. The predicted molar refractivity (Wildman–Crippen MR) is 99.7 cm³/mol. The van der Waals surface area contributed by atoms with Gasteiger partial charge in [0.05, 0.1) is 11.1 Å². The van der Waals surface area contributed by atoms with Gasteiger partial charge in [-0.2, -0.15) is 5.10 Å². The molecule has 0 N–H and O–H groups in total. The zero-order valence-corrected chi connectivity index (χ0v) is 14.2. The van der Waals surface area contributed by atoms with E-state index < -0.39 is 0 Å². The van der Waals surface area contributed by atoms with Gasteiger partial charge in [0.25, 0.3) is 0 Å². The summed E-state index contributed by atoms with van der Waals surface area (Å²) in [7, 11) is 0. The van der Waals surface area contributed by atoms with E-state index in [0.29, 0.717) is 22.2 Å². The Labute approximate surface area is 150 Å². The van der Waals surface area contributed by atoms with Crippen molar-refractivity contribution in [3.63, 3.8) is 0 Å². The minimum Gasteiger partial charge on any atom is -0.288 e. The summed E-state index contributed by atoms with van der Waals surface area (Å²) in [6.45, 7) is 1.90. The van der Waals surface area contributed by atoms with Crippen molar-refractivity contribution in [2.24, 2.45) is 0 Å². The second-order valence-corrected chi connectivity index (χ2v) is 6.08. The molecule has 0 amide bonds. The number of carbonyl (C=O) groups is 2. The number of aryl methyl sites for hydroxylation is 1. The van der Waals surface area contributed by atoms with Crippen LogP contribution in [-0.2, 0) is 0 Å². The van der Waals surface area contributed by atoms with E-state index >= 15 is 0 Å². The van der Waals surface area contributed by atoms with Crippen LogP contribution in [0.15, 0.2) is 78.9 Å². The topological polar surface area (TPSA) is 51.4 Å². The highest BCUT2D eigenvalue weighted by molar-refractivity contribution is 6.21. The Morgan fingerprint density at radius 2 is 1.31 bits per heavy atom.